The highest BCUT2D eigenvalue weighted by Crippen LogP contribution is 2.39. The fourth-order valence-electron chi connectivity index (χ4n) is 4.01. The van der Waals surface area contributed by atoms with Crippen LogP contribution in [0.3, 0.4) is 0 Å². The molecule has 2 rings (SSSR count). The second-order valence-corrected chi connectivity index (χ2v) is 7.46. The largest absolute Gasteiger partial charge is 0.374 e. The lowest BCUT2D eigenvalue weighted by Crippen LogP contribution is -2.33. The number of aliphatic hydroxyl groups is 1. The molecule has 1 fully saturated rings. The fraction of sp³-hybridized carbons (Fsp3) is 0.889. The first-order chi connectivity index (χ1) is 10.1. The maximum absolute atomic E-state index is 10.3. The van der Waals surface area contributed by atoms with Gasteiger partial charge >= 0.3 is 0 Å². The smallest absolute Gasteiger partial charge is 0.124 e. The summed E-state index contributed by atoms with van der Waals surface area (Å²) in [6.45, 7) is 6.92. The number of hydrogen-bond acceptors (Lipinski definition) is 3. The predicted molar refractivity (Wildman–Crippen MR) is 88.9 cm³/mol. The van der Waals surface area contributed by atoms with Crippen molar-refractivity contribution in [2.24, 2.45) is 11.3 Å². The third-order valence-electron chi connectivity index (χ3n) is 5.13. The molecule has 0 aliphatic carbocycles. The maximum atomic E-state index is 10.3. The molecule has 3 atom stereocenters. The lowest BCUT2D eigenvalue weighted by atomic mass is 9.73. The maximum Gasteiger partial charge on any atom is 0.124 e. The Labute approximate surface area is 130 Å². The van der Waals surface area contributed by atoms with Crippen LogP contribution in [-0.2, 0) is 0 Å². The topological polar surface area (TPSA) is 44.3 Å². The van der Waals surface area contributed by atoms with Crippen molar-refractivity contribution in [3.63, 3.8) is 0 Å². The number of nitrogens with one attached hydrogen (secondary N) is 2. The molecule has 3 unspecified atom stereocenters. The molecule has 122 valence electrons. The fourth-order valence-corrected chi connectivity index (χ4v) is 4.01. The quantitative estimate of drug-likeness (QED) is 0.743. The van der Waals surface area contributed by atoms with Gasteiger partial charge in [0.1, 0.15) is 6.23 Å². The summed E-state index contributed by atoms with van der Waals surface area (Å²) in [4.78, 5) is 0. The Balaban J connectivity index is 1.95. The van der Waals surface area contributed by atoms with E-state index in [1.807, 2.05) is 0 Å². The number of rotatable bonds is 4. The van der Waals surface area contributed by atoms with Crippen molar-refractivity contribution in [1.29, 1.82) is 0 Å². The molecule has 0 spiro atoms. The van der Waals surface area contributed by atoms with E-state index in [1.54, 1.807) is 0 Å². The molecule has 21 heavy (non-hydrogen) atoms. The van der Waals surface area contributed by atoms with Gasteiger partial charge in [0, 0.05) is 5.70 Å². The van der Waals surface area contributed by atoms with Crippen LogP contribution in [0.15, 0.2) is 11.8 Å². The zero-order valence-electron chi connectivity index (χ0n) is 14.0. The molecular weight excluding hydrogens is 260 g/mol. The van der Waals surface area contributed by atoms with Crippen LogP contribution in [-0.4, -0.2) is 24.4 Å². The van der Waals surface area contributed by atoms with Crippen LogP contribution in [0.25, 0.3) is 0 Å². The molecule has 3 heteroatoms. The van der Waals surface area contributed by atoms with E-state index in [0.29, 0.717) is 0 Å². The van der Waals surface area contributed by atoms with Gasteiger partial charge in [-0.3, -0.25) is 0 Å². The Bertz CT molecular complexity index is 334. The van der Waals surface area contributed by atoms with Gasteiger partial charge in [0.2, 0.25) is 0 Å². The van der Waals surface area contributed by atoms with E-state index in [2.05, 4.69) is 30.6 Å². The molecule has 0 saturated carbocycles. The normalized spacial score (nSPS) is 35.1. The molecule has 0 aromatic rings. The summed E-state index contributed by atoms with van der Waals surface area (Å²) in [6.07, 6.45) is 12.7. The number of allylic oxidation sites excluding steroid dienone is 2. The third-order valence-corrected chi connectivity index (χ3v) is 5.13. The van der Waals surface area contributed by atoms with E-state index in [0.717, 1.165) is 31.6 Å². The third kappa shape index (κ3) is 5.63. The Hall–Kier alpha value is -0.540. The molecule has 3 N–H and O–H groups in total. The van der Waals surface area contributed by atoms with Crippen LogP contribution in [0.4, 0.5) is 0 Å². The van der Waals surface area contributed by atoms with Gasteiger partial charge in [-0.25, -0.2) is 0 Å². The SMILES string of the molecule is CCCC1=CCC(C)(CC2CCCCNCC2)CC(O)N1. The van der Waals surface area contributed by atoms with Crippen LogP contribution in [0, 0.1) is 11.3 Å². The van der Waals surface area contributed by atoms with Gasteiger partial charge in [0.05, 0.1) is 0 Å². The van der Waals surface area contributed by atoms with Crippen LogP contribution >= 0.6 is 0 Å². The Morgan fingerprint density at radius 2 is 2.14 bits per heavy atom. The standard InChI is InChI=1S/C18H34N2O/c1-3-6-16-8-10-18(2,14-17(21)20-16)13-15-7-4-5-11-19-12-9-15/h8,15,17,19-21H,3-7,9-14H2,1-2H3. The van der Waals surface area contributed by atoms with E-state index in [-0.39, 0.29) is 11.6 Å². The summed E-state index contributed by atoms with van der Waals surface area (Å²) in [7, 11) is 0. The van der Waals surface area contributed by atoms with E-state index in [1.165, 1.54) is 50.9 Å². The average molecular weight is 294 g/mol. The van der Waals surface area contributed by atoms with Crippen molar-refractivity contribution >= 4 is 0 Å². The second-order valence-electron chi connectivity index (χ2n) is 7.46. The van der Waals surface area contributed by atoms with Gasteiger partial charge in [0.15, 0.2) is 0 Å². The zero-order valence-corrected chi connectivity index (χ0v) is 14.0. The summed E-state index contributed by atoms with van der Waals surface area (Å²) < 4.78 is 0. The van der Waals surface area contributed by atoms with Gasteiger partial charge in [-0.15, -0.1) is 0 Å². The number of aliphatic hydroxyl groups excluding tert-OH is 1. The van der Waals surface area contributed by atoms with Gasteiger partial charge in [0.25, 0.3) is 0 Å². The predicted octanol–water partition coefficient (Wildman–Crippen LogP) is 3.55. The van der Waals surface area contributed by atoms with Crippen molar-refractivity contribution in [3.8, 4) is 0 Å². The highest BCUT2D eigenvalue weighted by atomic mass is 16.3. The lowest BCUT2D eigenvalue weighted by molar-refractivity contribution is 0.0763. The summed E-state index contributed by atoms with van der Waals surface area (Å²) >= 11 is 0. The minimum absolute atomic E-state index is 0.242. The van der Waals surface area contributed by atoms with E-state index >= 15 is 0 Å². The van der Waals surface area contributed by atoms with Gasteiger partial charge < -0.3 is 15.7 Å². The van der Waals surface area contributed by atoms with E-state index in [4.69, 9.17) is 0 Å². The Morgan fingerprint density at radius 1 is 1.29 bits per heavy atom. The minimum Gasteiger partial charge on any atom is -0.374 e. The average Bonchev–Trinajstić information content (AvgIpc) is 2.52. The summed E-state index contributed by atoms with van der Waals surface area (Å²) in [5.74, 6) is 0.816. The molecule has 3 nitrogen and oxygen atoms in total. The van der Waals surface area contributed by atoms with Crippen molar-refractivity contribution in [2.45, 2.75) is 77.9 Å². The van der Waals surface area contributed by atoms with Gasteiger partial charge in [-0.2, -0.15) is 0 Å². The molecule has 1 saturated heterocycles. The van der Waals surface area contributed by atoms with E-state index in [9.17, 15) is 5.11 Å². The summed E-state index contributed by atoms with van der Waals surface area (Å²) in [5, 5.41) is 17.1. The zero-order chi connectivity index (χ0) is 15.1. The molecule has 0 aromatic heterocycles. The number of hydrogen-bond donors (Lipinski definition) is 3. The van der Waals surface area contributed by atoms with Crippen LogP contribution in [0.2, 0.25) is 0 Å². The first-order valence-electron chi connectivity index (χ1n) is 8.96. The highest BCUT2D eigenvalue weighted by molar-refractivity contribution is 5.06. The molecule has 2 aliphatic rings. The van der Waals surface area contributed by atoms with Crippen molar-refractivity contribution in [1.82, 2.24) is 10.6 Å². The first kappa shape index (κ1) is 16.8. The van der Waals surface area contributed by atoms with Crippen molar-refractivity contribution in [2.75, 3.05) is 13.1 Å². The summed E-state index contributed by atoms with van der Waals surface area (Å²) in [6, 6.07) is 0. The molecule has 0 radical (unpaired) electrons. The monoisotopic (exact) mass is 294 g/mol. The van der Waals surface area contributed by atoms with E-state index < -0.39 is 0 Å². The Kier molecular flexibility index (Phi) is 6.56. The van der Waals surface area contributed by atoms with Crippen LogP contribution < -0.4 is 10.6 Å². The van der Waals surface area contributed by atoms with Gasteiger partial charge in [-0.05, 0) is 62.9 Å². The van der Waals surface area contributed by atoms with Crippen LogP contribution in [0.1, 0.15) is 71.6 Å². The first-order valence-corrected chi connectivity index (χ1v) is 8.96. The molecule has 0 aromatic carbocycles. The minimum atomic E-state index is -0.373. The molecule has 0 bridgehead atoms. The second kappa shape index (κ2) is 8.19. The van der Waals surface area contributed by atoms with Crippen LogP contribution in [0.5, 0.6) is 0 Å². The molecule has 0 amide bonds. The molecular formula is C18H34N2O. The molecule has 2 heterocycles. The Morgan fingerprint density at radius 3 is 2.95 bits per heavy atom. The van der Waals surface area contributed by atoms with Crippen molar-refractivity contribution in [3.05, 3.63) is 11.8 Å². The lowest BCUT2D eigenvalue weighted by Gasteiger charge is -2.34. The van der Waals surface area contributed by atoms with Crippen molar-refractivity contribution < 1.29 is 5.11 Å². The van der Waals surface area contributed by atoms with Gasteiger partial charge in [-0.1, -0.05) is 39.2 Å². The summed E-state index contributed by atoms with van der Waals surface area (Å²) in [5.41, 5.74) is 1.49. The molecule has 2 aliphatic heterocycles. The highest BCUT2D eigenvalue weighted by Gasteiger charge is 2.32.